The summed E-state index contributed by atoms with van der Waals surface area (Å²) in [5.74, 6) is -0.265. The lowest BCUT2D eigenvalue weighted by atomic mass is 10.0. The van der Waals surface area contributed by atoms with Crippen molar-refractivity contribution in [2.75, 3.05) is 7.05 Å². The number of carbonyl (C=O) groups is 2. The van der Waals surface area contributed by atoms with Crippen LogP contribution in [0.3, 0.4) is 0 Å². The molecular formula is C19H23NO5. The maximum absolute atomic E-state index is 12.4. The molecule has 0 bridgehead atoms. The summed E-state index contributed by atoms with van der Waals surface area (Å²) in [6.07, 6.45) is 0. The number of hydrogen-bond donors (Lipinski definition) is 1. The molecule has 0 unspecified atom stereocenters. The van der Waals surface area contributed by atoms with Crippen LogP contribution in [-0.4, -0.2) is 34.5 Å². The van der Waals surface area contributed by atoms with Gasteiger partial charge in [-0.25, -0.2) is 4.79 Å². The van der Waals surface area contributed by atoms with E-state index in [1.807, 2.05) is 32.0 Å². The molecule has 0 saturated heterocycles. The number of aryl methyl sites for hydroxylation is 2. The van der Waals surface area contributed by atoms with Gasteiger partial charge in [-0.05, 0) is 51.5 Å². The van der Waals surface area contributed by atoms with E-state index in [0.29, 0.717) is 5.76 Å². The first kappa shape index (κ1) is 18.6. The molecule has 6 nitrogen and oxygen atoms in total. The molecule has 1 amide bonds. The molecule has 0 saturated carbocycles. The van der Waals surface area contributed by atoms with Crippen molar-refractivity contribution in [1.82, 2.24) is 4.90 Å². The molecule has 0 radical (unpaired) electrons. The largest absolute Gasteiger partial charge is 0.485 e. The summed E-state index contributed by atoms with van der Waals surface area (Å²) in [7, 11) is 1.44. The van der Waals surface area contributed by atoms with E-state index in [-0.39, 0.29) is 12.4 Å². The van der Waals surface area contributed by atoms with Gasteiger partial charge in [0, 0.05) is 7.05 Å². The van der Waals surface area contributed by atoms with Crippen LogP contribution in [0.15, 0.2) is 34.7 Å². The Hall–Kier alpha value is -2.76. The van der Waals surface area contributed by atoms with Gasteiger partial charge in [0.1, 0.15) is 23.7 Å². The number of amides is 1. The van der Waals surface area contributed by atoms with Gasteiger partial charge in [0.05, 0.1) is 0 Å². The molecule has 0 aliphatic heterocycles. The van der Waals surface area contributed by atoms with Crippen molar-refractivity contribution >= 4 is 11.9 Å². The number of nitrogens with zero attached hydrogens (tertiary/aromatic N) is 1. The average Bonchev–Trinajstić information content (AvgIpc) is 3.01. The lowest BCUT2D eigenvalue weighted by Crippen LogP contribution is -2.50. The highest BCUT2D eigenvalue weighted by Crippen LogP contribution is 2.22. The molecule has 0 spiro atoms. The minimum atomic E-state index is -1.33. The van der Waals surface area contributed by atoms with Crippen LogP contribution in [0.25, 0.3) is 0 Å². The molecular weight excluding hydrogens is 322 g/mol. The second-order valence-corrected chi connectivity index (χ2v) is 6.55. The number of furan rings is 1. The van der Waals surface area contributed by atoms with E-state index in [0.717, 1.165) is 21.8 Å². The molecule has 134 valence electrons. The molecule has 1 aromatic carbocycles. The van der Waals surface area contributed by atoms with Gasteiger partial charge in [0.2, 0.25) is 0 Å². The van der Waals surface area contributed by atoms with Gasteiger partial charge in [-0.15, -0.1) is 0 Å². The number of ether oxygens (including phenoxy) is 1. The van der Waals surface area contributed by atoms with Crippen LogP contribution in [0.2, 0.25) is 0 Å². The third-order valence-corrected chi connectivity index (χ3v) is 4.24. The van der Waals surface area contributed by atoms with E-state index >= 15 is 0 Å². The highest BCUT2D eigenvalue weighted by Gasteiger charge is 2.36. The van der Waals surface area contributed by atoms with E-state index in [1.54, 1.807) is 6.07 Å². The summed E-state index contributed by atoms with van der Waals surface area (Å²) in [6, 6.07) is 9.05. The van der Waals surface area contributed by atoms with E-state index in [2.05, 4.69) is 0 Å². The summed E-state index contributed by atoms with van der Waals surface area (Å²) < 4.78 is 11.2. The Balaban J connectivity index is 2.07. The number of rotatable bonds is 6. The number of carbonyl (C=O) groups excluding carboxylic acids is 1. The van der Waals surface area contributed by atoms with Crippen LogP contribution in [0.5, 0.6) is 5.75 Å². The number of likely N-dealkylation sites (N-methyl/N-ethyl adjacent to an activating group) is 1. The van der Waals surface area contributed by atoms with Gasteiger partial charge < -0.3 is 19.2 Å². The fourth-order valence-corrected chi connectivity index (χ4v) is 2.24. The van der Waals surface area contributed by atoms with E-state index in [9.17, 15) is 14.7 Å². The number of aliphatic carboxylic acids is 1. The number of carboxylic acids is 1. The lowest BCUT2D eigenvalue weighted by Gasteiger charge is -2.30. The predicted molar refractivity (Wildman–Crippen MR) is 92.8 cm³/mol. The van der Waals surface area contributed by atoms with Crippen molar-refractivity contribution in [2.24, 2.45) is 0 Å². The summed E-state index contributed by atoms with van der Waals surface area (Å²) in [5, 5.41) is 9.22. The Morgan fingerprint density at radius 1 is 1.20 bits per heavy atom. The zero-order chi connectivity index (χ0) is 18.8. The molecule has 2 aromatic rings. The number of benzene rings is 1. The SMILES string of the molecule is Cc1ccc(OCc2ccc(C(=O)N(C)C(C)(C)C(=O)O)o2)c(C)c1. The molecule has 1 heterocycles. The summed E-state index contributed by atoms with van der Waals surface area (Å²) in [5.41, 5.74) is 0.838. The molecule has 1 N–H and O–H groups in total. The van der Waals surface area contributed by atoms with Gasteiger partial charge in [0.15, 0.2) is 5.76 Å². The van der Waals surface area contributed by atoms with Crippen LogP contribution >= 0.6 is 0 Å². The summed E-state index contributed by atoms with van der Waals surface area (Å²) >= 11 is 0. The van der Waals surface area contributed by atoms with Gasteiger partial charge in [-0.2, -0.15) is 0 Å². The minimum Gasteiger partial charge on any atom is -0.485 e. The molecule has 0 atom stereocenters. The monoisotopic (exact) mass is 345 g/mol. The van der Waals surface area contributed by atoms with E-state index < -0.39 is 17.4 Å². The second kappa shape index (κ2) is 7.01. The standard InChI is InChI=1S/C19H23NO5/c1-12-6-8-15(13(2)10-12)24-11-14-7-9-16(25-14)17(21)20(5)19(3,4)18(22)23/h6-10H,11H2,1-5H3,(H,22,23). The molecule has 2 rings (SSSR count). The molecule has 0 aliphatic carbocycles. The fraction of sp³-hybridized carbons (Fsp3) is 0.368. The molecule has 0 aliphatic rings. The van der Waals surface area contributed by atoms with Gasteiger partial charge >= 0.3 is 5.97 Å². The van der Waals surface area contributed by atoms with Crippen molar-refractivity contribution in [2.45, 2.75) is 39.8 Å². The highest BCUT2D eigenvalue weighted by atomic mass is 16.5. The van der Waals surface area contributed by atoms with Crippen molar-refractivity contribution in [1.29, 1.82) is 0 Å². The van der Waals surface area contributed by atoms with Crippen LogP contribution < -0.4 is 4.74 Å². The second-order valence-electron chi connectivity index (χ2n) is 6.55. The third-order valence-electron chi connectivity index (χ3n) is 4.24. The molecule has 0 fully saturated rings. The van der Waals surface area contributed by atoms with Crippen molar-refractivity contribution in [3.8, 4) is 5.75 Å². The van der Waals surface area contributed by atoms with Crippen LogP contribution in [0.4, 0.5) is 0 Å². The maximum atomic E-state index is 12.4. The Kier molecular flexibility index (Phi) is 5.21. The Morgan fingerprint density at radius 2 is 1.88 bits per heavy atom. The van der Waals surface area contributed by atoms with E-state index in [1.165, 1.54) is 27.0 Å². The topological polar surface area (TPSA) is 80.0 Å². The van der Waals surface area contributed by atoms with Crippen molar-refractivity contribution in [3.63, 3.8) is 0 Å². The normalized spacial score (nSPS) is 11.2. The van der Waals surface area contributed by atoms with Gasteiger partial charge in [-0.1, -0.05) is 17.7 Å². The van der Waals surface area contributed by atoms with Gasteiger partial charge in [-0.3, -0.25) is 4.79 Å². The minimum absolute atomic E-state index is 0.0797. The predicted octanol–water partition coefficient (Wildman–Crippen LogP) is 3.41. The van der Waals surface area contributed by atoms with Crippen LogP contribution in [0.1, 0.15) is 41.3 Å². The first-order valence-electron chi connectivity index (χ1n) is 7.93. The highest BCUT2D eigenvalue weighted by molar-refractivity contribution is 5.95. The van der Waals surface area contributed by atoms with E-state index in [4.69, 9.17) is 9.15 Å². The van der Waals surface area contributed by atoms with Crippen LogP contribution in [-0.2, 0) is 11.4 Å². The zero-order valence-corrected chi connectivity index (χ0v) is 15.1. The summed E-state index contributed by atoms with van der Waals surface area (Å²) in [6.45, 7) is 7.07. The third kappa shape index (κ3) is 4.02. The summed E-state index contributed by atoms with van der Waals surface area (Å²) in [4.78, 5) is 24.8. The number of hydrogen-bond acceptors (Lipinski definition) is 4. The Bertz CT molecular complexity index is 791. The van der Waals surface area contributed by atoms with Crippen LogP contribution in [0, 0.1) is 13.8 Å². The molecule has 1 aromatic heterocycles. The Labute approximate surface area is 147 Å². The lowest BCUT2D eigenvalue weighted by molar-refractivity contribution is -0.147. The maximum Gasteiger partial charge on any atom is 0.329 e. The van der Waals surface area contributed by atoms with Crippen molar-refractivity contribution < 1.29 is 23.8 Å². The quantitative estimate of drug-likeness (QED) is 0.868. The first-order valence-corrected chi connectivity index (χ1v) is 7.93. The average molecular weight is 345 g/mol. The first-order chi connectivity index (χ1) is 11.6. The zero-order valence-electron chi connectivity index (χ0n) is 15.1. The Morgan fingerprint density at radius 3 is 2.48 bits per heavy atom. The molecule has 25 heavy (non-hydrogen) atoms. The fourth-order valence-electron chi connectivity index (χ4n) is 2.24. The molecule has 6 heteroatoms. The smallest absolute Gasteiger partial charge is 0.329 e. The number of carboxylic acid groups (broad SMARTS) is 1. The van der Waals surface area contributed by atoms with Crippen molar-refractivity contribution in [3.05, 3.63) is 53.0 Å². The van der Waals surface area contributed by atoms with Gasteiger partial charge in [0.25, 0.3) is 5.91 Å².